The molecule has 0 aliphatic rings. The molecule has 4 aromatic rings. The average molecular weight is 443 g/mol. The van der Waals surface area contributed by atoms with Crippen molar-refractivity contribution in [2.45, 2.75) is 31.7 Å². The molecule has 1 unspecified atom stereocenters. The van der Waals surface area contributed by atoms with Crippen molar-refractivity contribution in [1.29, 1.82) is 5.26 Å². The fourth-order valence-corrected chi connectivity index (χ4v) is 3.60. The number of fused-ring (bicyclic) bond motifs is 1. The first-order valence-electron chi connectivity index (χ1n) is 9.65. The number of halogens is 4. The first-order valence-corrected chi connectivity index (χ1v) is 9.65. The number of benzene rings is 1. The maximum atomic E-state index is 13.3. The van der Waals surface area contributed by atoms with Crippen molar-refractivity contribution in [2.75, 3.05) is 0 Å². The molecule has 3 aromatic heterocycles. The van der Waals surface area contributed by atoms with Gasteiger partial charge in [0.15, 0.2) is 0 Å². The van der Waals surface area contributed by atoms with Crippen molar-refractivity contribution < 1.29 is 22.7 Å². The van der Waals surface area contributed by atoms with Gasteiger partial charge in [0.2, 0.25) is 5.60 Å². The SMILES string of the molecule is CCC(O)(c1cn(Cc2ccc3c(-c4ccc(F)cc4)c(C#N)cn3c2)nn1)C(F)(F)F. The molecule has 0 aliphatic carbocycles. The van der Waals surface area contributed by atoms with Gasteiger partial charge in [-0.3, -0.25) is 0 Å². The largest absolute Gasteiger partial charge is 0.423 e. The molecule has 0 radical (unpaired) electrons. The topological polar surface area (TPSA) is 79.1 Å². The summed E-state index contributed by atoms with van der Waals surface area (Å²) >= 11 is 0. The predicted molar refractivity (Wildman–Crippen MR) is 107 cm³/mol. The fraction of sp³-hybridized carbons (Fsp3) is 0.227. The van der Waals surface area contributed by atoms with Crippen LogP contribution < -0.4 is 0 Å². The maximum Gasteiger partial charge on any atom is 0.423 e. The monoisotopic (exact) mass is 443 g/mol. The van der Waals surface area contributed by atoms with Crippen LogP contribution in [0.5, 0.6) is 0 Å². The summed E-state index contributed by atoms with van der Waals surface area (Å²) in [6.45, 7) is 1.32. The molecule has 0 fully saturated rings. The summed E-state index contributed by atoms with van der Waals surface area (Å²) in [5, 5.41) is 26.8. The predicted octanol–water partition coefficient (Wildman–Crippen LogP) is 4.42. The summed E-state index contributed by atoms with van der Waals surface area (Å²) in [7, 11) is 0. The number of nitrogens with zero attached hydrogens (tertiary/aromatic N) is 5. The molecule has 0 aliphatic heterocycles. The van der Waals surface area contributed by atoms with E-state index in [0.29, 0.717) is 27.8 Å². The van der Waals surface area contributed by atoms with E-state index >= 15 is 0 Å². The van der Waals surface area contributed by atoms with E-state index in [1.165, 1.54) is 23.7 Å². The van der Waals surface area contributed by atoms with Crippen molar-refractivity contribution in [1.82, 2.24) is 19.4 Å². The Morgan fingerprint density at radius 1 is 1.06 bits per heavy atom. The maximum absolute atomic E-state index is 13.3. The van der Waals surface area contributed by atoms with Gasteiger partial charge in [0.1, 0.15) is 17.6 Å². The second-order valence-electron chi connectivity index (χ2n) is 7.38. The summed E-state index contributed by atoms with van der Waals surface area (Å²) < 4.78 is 56.0. The summed E-state index contributed by atoms with van der Waals surface area (Å²) in [4.78, 5) is 0. The lowest BCUT2D eigenvalue weighted by atomic mass is 9.96. The summed E-state index contributed by atoms with van der Waals surface area (Å²) in [6, 6.07) is 11.5. The van der Waals surface area contributed by atoms with E-state index < -0.39 is 23.9 Å². The minimum Gasteiger partial charge on any atom is -0.375 e. The lowest BCUT2D eigenvalue weighted by Gasteiger charge is -2.26. The molecule has 0 amide bonds. The van der Waals surface area contributed by atoms with Gasteiger partial charge in [-0.15, -0.1) is 5.10 Å². The van der Waals surface area contributed by atoms with E-state index in [-0.39, 0.29) is 12.4 Å². The first-order chi connectivity index (χ1) is 15.2. The summed E-state index contributed by atoms with van der Waals surface area (Å²) in [5.41, 5.74) is -0.499. The van der Waals surface area contributed by atoms with Crippen molar-refractivity contribution in [2.24, 2.45) is 0 Å². The Bertz CT molecular complexity index is 1320. The van der Waals surface area contributed by atoms with E-state index in [4.69, 9.17) is 0 Å². The molecular weight excluding hydrogens is 426 g/mol. The molecule has 3 heterocycles. The van der Waals surface area contributed by atoms with Crippen LogP contribution in [0.2, 0.25) is 0 Å². The molecule has 0 saturated heterocycles. The van der Waals surface area contributed by atoms with E-state index in [9.17, 15) is 27.9 Å². The molecule has 10 heteroatoms. The number of alkyl halides is 3. The molecule has 1 atom stereocenters. The zero-order chi connectivity index (χ0) is 23.1. The van der Waals surface area contributed by atoms with Crippen molar-refractivity contribution in [3.63, 3.8) is 0 Å². The normalized spacial score (nSPS) is 13.8. The van der Waals surface area contributed by atoms with Crippen LogP contribution in [-0.4, -0.2) is 30.7 Å². The molecule has 0 bridgehead atoms. The molecule has 1 N–H and O–H groups in total. The van der Waals surface area contributed by atoms with Crippen LogP contribution in [0.3, 0.4) is 0 Å². The van der Waals surface area contributed by atoms with Gasteiger partial charge in [0.05, 0.1) is 23.8 Å². The van der Waals surface area contributed by atoms with Gasteiger partial charge >= 0.3 is 6.18 Å². The van der Waals surface area contributed by atoms with Gasteiger partial charge in [-0.25, -0.2) is 9.07 Å². The molecule has 6 nitrogen and oxygen atoms in total. The van der Waals surface area contributed by atoms with Crippen LogP contribution in [0.4, 0.5) is 17.6 Å². The first kappa shape index (κ1) is 21.5. The smallest absolute Gasteiger partial charge is 0.375 e. The Hall–Kier alpha value is -3.71. The zero-order valence-corrected chi connectivity index (χ0v) is 16.8. The molecular formula is C22H17F4N5O. The van der Waals surface area contributed by atoms with Gasteiger partial charge in [0, 0.05) is 18.0 Å². The summed E-state index contributed by atoms with van der Waals surface area (Å²) in [5.74, 6) is -0.384. The molecule has 0 spiro atoms. The molecule has 4 rings (SSSR count). The Balaban J connectivity index is 1.67. The minimum absolute atomic E-state index is 0.104. The Morgan fingerprint density at radius 2 is 1.78 bits per heavy atom. The highest BCUT2D eigenvalue weighted by Gasteiger charge is 2.55. The third-order valence-corrected chi connectivity index (χ3v) is 5.37. The van der Waals surface area contributed by atoms with Crippen LogP contribution >= 0.6 is 0 Å². The van der Waals surface area contributed by atoms with E-state index in [0.717, 1.165) is 6.20 Å². The Labute approximate surface area is 179 Å². The van der Waals surface area contributed by atoms with Crippen LogP contribution in [0, 0.1) is 17.1 Å². The highest BCUT2D eigenvalue weighted by molar-refractivity contribution is 5.86. The van der Waals surface area contributed by atoms with Crippen LogP contribution in [0.1, 0.15) is 30.2 Å². The van der Waals surface area contributed by atoms with Crippen LogP contribution in [-0.2, 0) is 12.1 Å². The quantitative estimate of drug-likeness (QED) is 0.463. The number of nitriles is 1. The van der Waals surface area contributed by atoms with Gasteiger partial charge in [0.25, 0.3) is 0 Å². The van der Waals surface area contributed by atoms with Crippen molar-refractivity contribution in [3.8, 4) is 17.2 Å². The van der Waals surface area contributed by atoms with E-state index in [1.807, 2.05) is 0 Å². The summed E-state index contributed by atoms with van der Waals surface area (Å²) in [6.07, 6.45) is -1.05. The number of rotatable bonds is 5. The molecule has 32 heavy (non-hydrogen) atoms. The van der Waals surface area contributed by atoms with Gasteiger partial charge < -0.3 is 9.51 Å². The van der Waals surface area contributed by atoms with Gasteiger partial charge in [-0.2, -0.15) is 18.4 Å². The van der Waals surface area contributed by atoms with Crippen molar-refractivity contribution in [3.05, 3.63) is 77.6 Å². The Kier molecular flexibility index (Phi) is 5.22. The number of hydrogen-bond acceptors (Lipinski definition) is 4. The van der Waals surface area contributed by atoms with Gasteiger partial charge in [-0.1, -0.05) is 30.3 Å². The zero-order valence-electron chi connectivity index (χ0n) is 16.8. The van der Waals surface area contributed by atoms with Crippen LogP contribution in [0.15, 0.2) is 55.0 Å². The van der Waals surface area contributed by atoms with Gasteiger partial charge in [-0.05, 0) is 35.7 Å². The number of hydrogen-bond donors (Lipinski definition) is 1. The molecule has 1 aromatic carbocycles. The third kappa shape index (κ3) is 3.61. The van der Waals surface area contributed by atoms with Crippen LogP contribution in [0.25, 0.3) is 16.6 Å². The van der Waals surface area contributed by atoms with E-state index in [2.05, 4.69) is 16.4 Å². The van der Waals surface area contributed by atoms with Crippen molar-refractivity contribution >= 4 is 5.52 Å². The Morgan fingerprint density at radius 3 is 2.41 bits per heavy atom. The second kappa shape index (κ2) is 7.76. The minimum atomic E-state index is -4.88. The standard InChI is InChI=1S/C22H17F4N5O/c1-2-21(32,22(24,25)26)19-13-31(29-28-19)11-14-3-8-18-20(15-4-6-17(23)7-5-15)16(9-27)12-30(18)10-14/h3-8,10,12-13,32H,2,11H2,1H3. The highest BCUT2D eigenvalue weighted by atomic mass is 19.4. The molecule has 0 saturated carbocycles. The fourth-order valence-electron chi connectivity index (χ4n) is 3.60. The highest BCUT2D eigenvalue weighted by Crippen LogP contribution is 2.40. The number of pyridine rings is 1. The lowest BCUT2D eigenvalue weighted by molar-refractivity contribution is -0.269. The lowest BCUT2D eigenvalue weighted by Crippen LogP contribution is -2.42. The average Bonchev–Trinajstić information content (AvgIpc) is 3.37. The number of aromatic nitrogens is 4. The number of aliphatic hydroxyl groups is 1. The van der Waals surface area contributed by atoms with E-state index in [1.54, 1.807) is 41.1 Å². The molecule has 164 valence electrons. The third-order valence-electron chi connectivity index (χ3n) is 5.37. The second-order valence-corrected chi connectivity index (χ2v) is 7.38.